The van der Waals surface area contributed by atoms with E-state index < -0.39 is 0 Å². The summed E-state index contributed by atoms with van der Waals surface area (Å²) in [5.41, 5.74) is 2.75. The summed E-state index contributed by atoms with van der Waals surface area (Å²) in [7, 11) is 2.10. The fraction of sp³-hybridized carbons (Fsp3) is 0.923. The van der Waals surface area contributed by atoms with Gasteiger partial charge in [0.2, 0.25) is 5.96 Å². The predicted molar refractivity (Wildman–Crippen MR) is 73.7 cm³/mol. The van der Waals surface area contributed by atoms with Gasteiger partial charge in [-0.05, 0) is 38.0 Å². The summed E-state index contributed by atoms with van der Waals surface area (Å²) >= 11 is 0. The lowest BCUT2D eigenvalue weighted by atomic mass is 9.87. The molecule has 4 nitrogen and oxygen atoms in total. The second-order valence-corrected chi connectivity index (χ2v) is 5.23. The lowest BCUT2D eigenvalue weighted by Gasteiger charge is -2.35. The lowest BCUT2D eigenvalue weighted by Crippen LogP contribution is -2.48. The number of nitrogens with one attached hydrogen (secondary N) is 1. The first-order valence-electron chi connectivity index (χ1n) is 6.92. The molecule has 0 heterocycles. The lowest BCUT2D eigenvalue weighted by molar-refractivity contribution is 0.234. The van der Waals surface area contributed by atoms with Crippen LogP contribution in [0.4, 0.5) is 0 Å². The topological polar surface area (TPSA) is 53.6 Å². The van der Waals surface area contributed by atoms with Crippen LogP contribution in [-0.2, 0) is 0 Å². The molecule has 0 amide bonds. The molecule has 3 N–H and O–H groups in total. The molecule has 100 valence electrons. The van der Waals surface area contributed by atoms with Crippen LogP contribution in [0, 0.1) is 5.92 Å². The zero-order valence-corrected chi connectivity index (χ0v) is 11.6. The summed E-state index contributed by atoms with van der Waals surface area (Å²) in [6, 6.07) is 0.600. The van der Waals surface area contributed by atoms with Gasteiger partial charge in [-0.2, -0.15) is 0 Å². The zero-order chi connectivity index (χ0) is 12.7. The third-order valence-electron chi connectivity index (χ3n) is 3.77. The van der Waals surface area contributed by atoms with Gasteiger partial charge in [0, 0.05) is 19.6 Å². The average molecular weight is 240 g/mol. The van der Waals surface area contributed by atoms with Crippen LogP contribution in [0.3, 0.4) is 0 Å². The Kier molecular flexibility index (Phi) is 6.34. The van der Waals surface area contributed by atoms with Gasteiger partial charge in [-0.15, -0.1) is 0 Å². The Hall–Kier alpha value is -0.770. The monoisotopic (exact) mass is 240 g/mol. The minimum atomic E-state index is 0.600. The fourth-order valence-electron chi connectivity index (χ4n) is 2.40. The Balaban J connectivity index is 2.47. The maximum absolute atomic E-state index is 5.57. The second kappa shape index (κ2) is 7.54. The molecule has 0 aromatic rings. The van der Waals surface area contributed by atoms with Crippen molar-refractivity contribution in [2.24, 2.45) is 16.8 Å². The number of hydrogen-bond acceptors (Lipinski definition) is 2. The van der Waals surface area contributed by atoms with E-state index in [0.717, 1.165) is 24.8 Å². The fourth-order valence-corrected chi connectivity index (χ4v) is 2.40. The van der Waals surface area contributed by atoms with Gasteiger partial charge in [0.25, 0.3) is 0 Å². The molecule has 0 bridgehead atoms. The van der Waals surface area contributed by atoms with Gasteiger partial charge >= 0.3 is 0 Å². The van der Waals surface area contributed by atoms with E-state index in [1.165, 1.54) is 32.1 Å². The molecule has 0 saturated heterocycles. The molecule has 1 rings (SSSR count). The number of hydrogen-bond donors (Lipinski definition) is 2. The van der Waals surface area contributed by atoms with Crippen molar-refractivity contribution in [1.29, 1.82) is 0 Å². The van der Waals surface area contributed by atoms with Crippen LogP contribution in [0.2, 0.25) is 0 Å². The van der Waals surface area contributed by atoms with E-state index in [-0.39, 0.29) is 0 Å². The van der Waals surface area contributed by atoms with Crippen molar-refractivity contribution in [3.63, 3.8) is 0 Å². The summed E-state index contributed by atoms with van der Waals surface area (Å²) in [6.07, 6.45) is 7.45. The predicted octanol–water partition coefficient (Wildman–Crippen LogP) is 2.12. The highest BCUT2D eigenvalue weighted by Gasteiger charge is 2.23. The van der Waals surface area contributed by atoms with Crippen LogP contribution >= 0.6 is 0 Å². The summed E-state index contributed by atoms with van der Waals surface area (Å²) in [4.78, 5) is 6.76. The summed E-state index contributed by atoms with van der Waals surface area (Å²) < 4.78 is 0. The standard InChI is InChI=1S/C13H28N4/c1-4-5-10-15-13(16-14)17(3)12-8-6-11(2)7-9-12/h11-12H,4-10,14H2,1-3H3,(H,15,16). The number of hydrazine groups is 1. The molecule has 1 aliphatic rings. The maximum Gasteiger partial charge on any atom is 0.208 e. The van der Waals surface area contributed by atoms with E-state index in [1.807, 2.05) is 0 Å². The highest BCUT2D eigenvalue weighted by atomic mass is 15.4. The Bertz CT molecular complexity index is 232. The Morgan fingerprint density at radius 2 is 2.00 bits per heavy atom. The zero-order valence-electron chi connectivity index (χ0n) is 11.6. The highest BCUT2D eigenvalue weighted by Crippen LogP contribution is 2.26. The van der Waals surface area contributed by atoms with Gasteiger partial charge < -0.3 is 4.90 Å². The number of nitrogens with two attached hydrogens (primary N) is 1. The largest absolute Gasteiger partial charge is 0.342 e. The number of rotatable bonds is 4. The molecule has 0 unspecified atom stereocenters. The third kappa shape index (κ3) is 4.54. The van der Waals surface area contributed by atoms with E-state index >= 15 is 0 Å². The Morgan fingerprint density at radius 3 is 2.53 bits per heavy atom. The van der Waals surface area contributed by atoms with Crippen molar-refractivity contribution in [2.75, 3.05) is 13.6 Å². The van der Waals surface area contributed by atoms with E-state index in [1.54, 1.807) is 0 Å². The summed E-state index contributed by atoms with van der Waals surface area (Å²) in [5.74, 6) is 7.29. The van der Waals surface area contributed by atoms with Crippen LogP contribution in [0.25, 0.3) is 0 Å². The molecule has 0 spiro atoms. The molecule has 1 aliphatic carbocycles. The van der Waals surface area contributed by atoms with Crippen molar-refractivity contribution >= 4 is 5.96 Å². The molecule has 0 aromatic heterocycles. The Morgan fingerprint density at radius 1 is 1.35 bits per heavy atom. The second-order valence-electron chi connectivity index (χ2n) is 5.23. The first-order chi connectivity index (χ1) is 8.19. The molecule has 0 radical (unpaired) electrons. The number of aliphatic imine (C=N–C) groups is 1. The summed E-state index contributed by atoms with van der Waals surface area (Å²) in [5, 5.41) is 0. The van der Waals surface area contributed by atoms with Crippen LogP contribution in [0.1, 0.15) is 52.4 Å². The normalized spacial score (nSPS) is 25.8. The molecule has 0 atom stereocenters. The van der Waals surface area contributed by atoms with Gasteiger partial charge in [-0.3, -0.25) is 10.4 Å². The van der Waals surface area contributed by atoms with Gasteiger partial charge in [-0.1, -0.05) is 20.3 Å². The van der Waals surface area contributed by atoms with Gasteiger partial charge in [0.15, 0.2) is 0 Å². The highest BCUT2D eigenvalue weighted by molar-refractivity contribution is 5.79. The number of nitrogens with zero attached hydrogens (tertiary/aromatic N) is 2. The van der Waals surface area contributed by atoms with Crippen molar-refractivity contribution in [1.82, 2.24) is 10.3 Å². The summed E-state index contributed by atoms with van der Waals surface area (Å²) in [6.45, 7) is 5.38. The number of guanidine groups is 1. The van der Waals surface area contributed by atoms with Gasteiger partial charge in [-0.25, -0.2) is 5.84 Å². The molecule has 0 aromatic carbocycles. The molecule has 1 fully saturated rings. The maximum atomic E-state index is 5.57. The van der Waals surface area contributed by atoms with E-state index in [2.05, 4.69) is 36.2 Å². The van der Waals surface area contributed by atoms with E-state index in [0.29, 0.717) is 6.04 Å². The van der Waals surface area contributed by atoms with Crippen molar-refractivity contribution in [3.8, 4) is 0 Å². The molecular formula is C13H28N4. The Labute approximate surface area is 106 Å². The first kappa shape index (κ1) is 14.3. The third-order valence-corrected chi connectivity index (χ3v) is 3.77. The van der Waals surface area contributed by atoms with Crippen LogP contribution in [-0.4, -0.2) is 30.5 Å². The van der Waals surface area contributed by atoms with Crippen molar-refractivity contribution in [2.45, 2.75) is 58.4 Å². The molecular weight excluding hydrogens is 212 g/mol. The van der Waals surface area contributed by atoms with Crippen LogP contribution in [0.15, 0.2) is 4.99 Å². The van der Waals surface area contributed by atoms with Crippen LogP contribution < -0.4 is 11.3 Å². The molecule has 17 heavy (non-hydrogen) atoms. The van der Waals surface area contributed by atoms with Crippen molar-refractivity contribution < 1.29 is 0 Å². The average Bonchev–Trinajstić information content (AvgIpc) is 2.35. The minimum absolute atomic E-state index is 0.600. The SMILES string of the molecule is CCCCN=C(NN)N(C)C1CCC(C)CC1. The van der Waals surface area contributed by atoms with E-state index in [4.69, 9.17) is 5.84 Å². The molecule has 4 heteroatoms. The van der Waals surface area contributed by atoms with Crippen LogP contribution in [0.5, 0.6) is 0 Å². The number of unbranched alkanes of at least 4 members (excludes halogenated alkanes) is 1. The quantitative estimate of drug-likeness (QED) is 0.260. The van der Waals surface area contributed by atoms with Crippen molar-refractivity contribution in [3.05, 3.63) is 0 Å². The van der Waals surface area contributed by atoms with Gasteiger partial charge in [0.1, 0.15) is 0 Å². The smallest absolute Gasteiger partial charge is 0.208 e. The first-order valence-corrected chi connectivity index (χ1v) is 6.92. The molecule has 1 saturated carbocycles. The molecule has 0 aliphatic heterocycles. The van der Waals surface area contributed by atoms with E-state index in [9.17, 15) is 0 Å². The van der Waals surface area contributed by atoms with Gasteiger partial charge in [0.05, 0.1) is 0 Å². The minimum Gasteiger partial charge on any atom is -0.342 e.